The van der Waals surface area contributed by atoms with Crippen molar-refractivity contribution in [1.29, 1.82) is 0 Å². The first-order valence-corrected chi connectivity index (χ1v) is 6.87. The second-order valence-corrected chi connectivity index (χ2v) is 6.03. The Kier molecular flexibility index (Phi) is 7.92. The largest absolute Gasteiger partial charge is 0.393 e. The molecule has 0 aromatic rings. The van der Waals surface area contributed by atoms with Gasteiger partial charge in [-0.2, -0.15) is 0 Å². The van der Waals surface area contributed by atoms with Crippen LogP contribution in [-0.2, 0) is 0 Å². The van der Waals surface area contributed by atoms with Gasteiger partial charge in [-0.1, -0.05) is 33.0 Å². The van der Waals surface area contributed by atoms with E-state index in [4.69, 9.17) is 18.0 Å². The van der Waals surface area contributed by atoms with E-state index in [9.17, 15) is 0 Å². The van der Waals surface area contributed by atoms with Crippen molar-refractivity contribution in [3.8, 4) is 0 Å². The average Bonchev–Trinajstić information content (AvgIpc) is 2.22. The fourth-order valence-electron chi connectivity index (χ4n) is 1.60. The standard InChI is InChI=1S/C13H29N3S/c1-6-16(10-7-9-15(4)5)11-8-13(2,3)12(14)17/h6-11H2,1-5H3,(H2,14,17). The molecular formula is C13H29N3S. The molecule has 0 saturated carbocycles. The molecule has 0 rings (SSSR count). The lowest BCUT2D eigenvalue weighted by Crippen LogP contribution is -2.35. The minimum absolute atomic E-state index is 0.0235. The molecule has 0 saturated heterocycles. The maximum Gasteiger partial charge on any atom is 0.0784 e. The van der Waals surface area contributed by atoms with E-state index in [1.165, 1.54) is 6.42 Å². The number of rotatable bonds is 9. The Morgan fingerprint density at radius 3 is 2.18 bits per heavy atom. The van der Waals surface area contributed by atoms with Gasteiger partial charge in [-0.05, 0) is 53.1 Å². The summed E-state index contributed by atoms with van der Waals surface area (Å²) in [6.45, 7) is 10.9. The highest BCUT2D eigenvalue weighted by Gasteiger charge is 2.21. The van der Waals surface area contributed by atoms with Crippen molar-refractivity contribution in [3.63, 3.8) is 0 Å². The molecule has 0 spiro atoms. The van der Waals surface area contributed by atoms with Crippen molar-refractivity contribution < 1.29 is 0 Å². The molecule has 17 heavy (non-hydrogen) atoms. The first-order valence-electron chi connectivity index (χ1n) is 6.46. The normalized spacial score (nSPS) is 12.4. The van der Waals surface area contributed by atoms with E-state index in [0.29, 0.717) is 4.99 Å². The molecule has 102 valence electrons. The fourth-order valence-corrected chi connectivity index (χ4v) is 1.70. The van der Waals surface area contributed by atoms with Crippen LogP contribution in [0, 0.1) is 5.41 Å². The summed E-state index contributed by atoms with van der Waals surface area (Å²) in [5.74, 6) is 0. The smallest absolute Gasteiger partial charge is 0.0784 e. The molecule has 0 aliphatic heterocycles. The molecular weight excluding hydrogens is 230 g/mol. The Labute approximate surface area is 112 Å². The van der Waals surface area contributed by atoms with Crippen molar-refractivity contribution in [2.75, 3.05) is 40.3 Å². The van der Waals surface area contributed by atoms with Crippen molar-refractivity contribution in [2.24, 2.45) is 11.1 Å². The van der Waals surface area contributed by atoms with Crippen molar-refractivity contribution in [2.45, 2.75) is 33.6 Å². The Balaban J connectivity index is 3.93. The molecule has 0 amide bonds. The molecule has 0 aromatic carbocycles. The summed E-state index contributed by atoms with van der Waals surface area (Å²) >= 11 is 5.09. The zero-order valence-electron chi connectivity index (χ0n) is 12.1. The van der Waals surface area contributed by atoms with Gasteiger partial charge in [-0.3, -0.25) is 0 Å². The fraction of sp³-hybridized carbons (Fsp3) is 0.923. The summed E-state index contributed by atoms with van der Waals surface area (Å²) in [6.07, 6.45) is 2.26. The van der Waals surface area contributed by atoms with Gasteiger partial charge in [0.15, 0.2) is 0 Å². The van der Waals surface area contributed by atoms with Gasteiger partial charge in [0.25, 0.3) is 0 Å². The predicted molar refractivity (Wildman–Crippen MR) is 80.5 cm³/mol. The SMILES string of the molecule is CCN(CCCN(C)C)CCC(C)(C)C(N)=S. The number of nitrogens with zero attached hydrogens (tertiary/aromatic N) is 2. The maximum atomic E-state index is 5.74. The highest BCUT2D eigenvalue weighted by molar-refractivity contribution is 7.80. The van der Waals surface area contributed by atoms with Crippen LogP contribution in [0.3, 0.4) is 0 Å². The molecule has 0 bridgehead atoms. The lowest BCUT2D eigenvalue weighted by molar-refractivity contribution is 0.242. The molecule has 3 nitrogen and oxygen atoms in total. The third kappa shape index (κ3) is 7.68. The molecule has 4 heteroatoms. The van der Waals surface area contributed by atoms with Gasteiger partial charge < -0.3 is 15.5 Å². The van der Waals surface area contributed by atoms with E-state index in [2.05, 4.69) is 44.7 Å². The third-order valence-electron chi connectivity index (χ3n) is 3.25. The first kappa shape index (κ1) is 16.8. The number of hydrogen-bond acceptors (Lipinski definition) is 3. The minimum atomic E-state index is -0.0235. The average molecular weight is 259 g/mol. The highest BCUT2D eigenvalue weighted by atomic mass is 32.1. The topological polar surface area (TPSA) is 32.5 Å². The highest BCUT2D eigenvalue weighted by Crippen LogP contribution is 2.20. The summed E-state index contributed by atoms with van der Waals surface area (Å²) < 4.78 is 0. The number of nitrogens with two attached hydrogens (primary N) is 1. The quantitative estimate of drug-likeness (QED) is 0.642. The molecule has 0 aliphatic rings. The second kappa shape index (κ2) is 8.01. The van der Waals surface area contributed by atoms with Gasteiger partial charge in [-0.15, -0.1) is 0 Å². The lowest BCUT2D eigenvalue weighted by Gasteiger charge is -2.28. The summed E-state index contributed by atoms with van der Waals surface area (Å²) in [6, 6.07) is 0. The van der Waals surface area contributed by atoms with E-state index >= 15 is 0 Å². The molecule has 0 aromatic heterocycles. The van der Waals surface area contributed by atoms with Crippen LogP contribution in [0.25, 0.3) is 0 Å². The van der Waals surface area contributed by atoms with Gasteiger partial charge in [0.05, 0.1) is 4.99 Å². The van der Waals surface area contributed by atoms with E-state index in [0.717, 1.165) is 32.6 Å². The van der Waals surface area contributed by atoms with Crippen LogP contribution >= 0.6 is 12.2 Å². The van der Waals surface area contributed by atoms with Crippen LogP contribution in [0.4, 0.5) is 0 Å². The number of hydrogen-bond donors (Lipinski definition) is 1. The Morgan fingerprint density at radius 1 is 1.18 bits per heavy atom. The van der Waals surface area contributed by atoms with E-state index in [-0.39, 0.29) is 5.41 Å². The zero-order valence-corrected chi connectivity index (χ0v) is 12.9. The van der Waals surface area contributed by atoms with E-state index in [1.54, 1.807) is 0 Å². The van der Waals surface area contributed by atoms with Crippen LogP contribution in [0.1, 0.15) is 33.6 Å². The summed E-state index contributed by atoms with van der Waals surface area (Å²) in [7, 11) is 4.23. The van der Waals surface area contributed by atoms with E-state index in [1.807, 2.05) is 0 Å². The molecule has 0 atom stereocenters. The van der Waals surface area contributed by atoms with Crippen molar-refractivity contribution in [3.05, 3.63) is 0 Å². The first-order chi connectivity index (χ1) is 7.79. The van der Waals surface area contributed by atoms with Crippen molar-refractivity contribution >= 4 is 17.2 Å². The molecule has 0 radical (unpaired) electrons. The van der Waals surface area contributed by atoms with Gasteiger partial charge in [0.2, 0.25) is 0 Å². The van der Waals surface area contributed by atoms with Gasteiger partial charge in [0.1, 0.15) is 0 Å². The van der Waals surface area contributed by atoms with Crippen LogP contribution in [0.15, 0.2) is 0 Å². The lowest BCUT2D eigenvalue weighted by atomic mass is 9.89. The van der Waals surface area contributed by atoms with Crippen LogP contribution in [0.2, 0.25) is 0 Å². The molecule has 0 unspecified atom stereocenters. The van der Waals surface area contributed by atoms with Crippen LogP contribution < -0.4 is 5.73 Å². The molecule has 0 fully saturated rings. The molecule has 2 N–H and O–H groups in total. The van der Waals surface area contributed by atoms with E-state index < -0.39 is 0 Å². The predicted octanol–water partition coefficient (Wildman–Crippen LogP) is 1.96. The monoisotopic (exact) mass is 259 g/mol. The third-order valence-corrected chi connectivity index (χ3v) is 3.80. The minimum Gasteiger partial charge on any atom is -0.393 e. The zero-order chi connectivity index (χ0) is 13.5. The Hall–Kier alpha value is -0.190. The van der Waals surface area contributed by atoms with Crippen LogP contribution in [-0.4, -0.2) is 55.1 Å². The summed E-state index contributed by atoms with van der Waals surface area (Å²) in [5, 5.41) is 0. The maximum absolute atomic E-state index is 5.74. The van der Waals surface area contributed by atoms with Crippen LogP contribution in [0.5, 0.6) is 0 Å². The summed E-state index contributed by atoms with van der Waals surface area (Å²) in [4.78, 5) is 5.33. The van der Waals surface area contributed by atoms with Gasteiger partial charge in [-0.25, -0.2) is 0 Å². The van der Waals surface area contributed by atoms with Gasteiger partial charge in [0, 0.05) is 5.41 Å². The Bertz CT molecular complexity index is 227. The number of thiocarbonyl (C=S) groups is 1. The molecule has 0 aliphatic carbocycles. The second-order valence-electron chi connectivity index (χ2n) is 5.59. The van der Waals surface area contributed by atoms with Gasteiger partial charge >= 0.3 is 0 Å². The Morgan fingerprint density at radius 2 is 1.76 bits per heavy atom. The summed E-state index contributed by atoms with van der Waals surface area (Å²) in [5.41, 5.74) is 5.72. The molecule has 0 heterocycles. The van der Waals surface area contributed by atoms with Crippen molar-refractivity contribution in [1.82, 2.24) is 9.80 Å².